The first-order valence-corrected chi connectivity index (χ1v) is 7.89. The second kappa shape index (κ2) is 6.87. The van der Waals surface area contributed by atoms with Crippen LogP contribution < -0.4 is 20.5 Å². The summed E-state index contributed by atoms with van der Waals surface area (Å²) < 4.78 is 11.3. The second-order valence-corrected chi connectivity index (χ2v) is 5.84. The molecular formula is C16H24N4O2. The van der Waals surface area contributed by atoms with Crippen LogP contribution in [0.4, 0.5) is 5.69 Å². The molecule has 2 heterocycles. The first-order valence-electron chi connectivity index (χ1n) is 7.89. The molecule has 120 valence electrons. The van der Waals surface area contributed by atoms with Gasteiger partial charge in [-0.1, -0.05) is 0 Å². The molecule has 0 bridgehead atoms. The normalized spacial score (nSPS) is 22.4. The molecule has 1 fully saturated rings. The molecule has 1 atom stereocenters. The van der Waals surface area contributed by atoms with E-state index in [0.717, 1.165) is 36.7 Å². The number of ether oxygens (including phenoxy) is 2. The van der Waals surface area contributed by atoms with Crippen LogP contribution in [0.3, 0.4) is 0 Å². The molecule has 0 radical (unpaired) electrons. The van der Waals surface area contributed by atoms with Crippen LogP contribution in [0, 0.1) is 0 Å². The van der Waals surface area contributed by atoms with Crippen LogP contribution in [0.5, 0.6) is 11.5 Å². The molecule has 0 saturated carbocycles. The number of hydrogen-bond donors (Lipinski definition) is 2. The fourth-order valence-electron chi connectivity index (χ4n) is 2.84. The lowest BCUT2D eigenvalue weighted by atomic mass is 10.2. The fourth-order valence-corrected chi connectivity index (χ4v) is 2.84. The van der Waals surface area contributed by atoms with E-state index >= 15 is 0 Å². The summed E-state index contributed by atoms with van der Waals surface area (Å²) in [5.74, 6) is 1.98. The largest absolute Gasteiger partial charge is 0.490 e. The van der Waals surface area contributed by atoms with Crippen LogP contribution in [0.25, 0.3) is 0 Å². The molecule has 0 aliphatic carbocycles. The fraction of sp³-hybridized carbons (Fsp3) is 0.562. The molecule has 6 nitrogen and oxygen atoms in total. The Balaban J connectivity index is 1.61. The molecule has 1 aromatic rings. The van der Waals surface area contributed by atoms with Crippen molar-refractivity contribution in [1.29, 1.82) is 0 Å². The number of hydrogen-bond acceptors (Lipinski definition) is 4. The SMILES string of the molecule is CN1CCCC1CN=C(N)Nc1ccc2c(c1)OCCCO2. The Labute approximate surface area is 131 Å². The lowest BCUT2D eigenvalue weighted by molar-refractivity contribution is 0.297. The predicted molar refractivity (Wildman–Crippen MR) is 87.8 cm³/mol. The van der Waals surface area contributed by atoms with Crippen LogP contribution in [-0.4, -0.2) is 50.3 Å². The Hall–Kier alpha value is -1.95. The van der Waals surface area contributed by atoms with Gasteiger partial charge in [-0.15, -0.1) is 0 Å². The van der Waals surface area contributed by atoms with Gasteiger partial charge in [0.15, 0.2) is 17.5 Å². The number of guanidine groups is 1. The van der Waals surface area contributed by atoms with Crippen LogP contribution in [0.15, 0.2) is 23.2 Å². The van der Waals surface area contributed by atoms with Crippen molar-refractivity contribution in [2.45, 2.75) is 25.3 Å². The minimum Gasteiger partial charge on any atom is -0.490 e. The zero-order valence-electron chi connectivity index (χ0n) is 13.0. The van der Waals surface area contributed by atoms with Crippen molar-refractivity contribution in [2.24, 2.45) is 10.7 Å². The summed E-state index contributed by atoms with van der Waals surface area (Å²) >= 11 is 0. The highest BCUT2D eigenvalue weighted by Gasteiger charge is 2.20. The lowest BCUT2D eigenvalue weighted by Gasteiger charge is -2.17. The first kappa shape index (κ1) is 15.0. The van der Waals surface area contributed by atoms with Crippen molar-refractivity contribution < 1.29 is 9.47 Å². The maximum Gasteiger partial charge on any atom is 0.193 e. The molecule has 2 aliphatic heterocycles. The molecule has 1 aromatic carbocycles. The molecule has 3 rings (SSSR count). The Bertz CT molecular complexity index is 547. The maximum absolute atomic E-state index is 5.98. The van der Waals surface area contributed by atoms with Crippen molar-refractivity contribution >= 4 is 11.6 Å². The van der Waals surface area contributed by atoms with E-state index in [2.05, 4.69) is 22.3 Å². The van der Waals surface area contributed by atoms with E-state index in [4.69, 9.17) is 15.2 Å². The minimum absolute atomic E-state index is 0.440. The third kappa shape index (κ3) is 3.62. The van der Waals surface area contributed by atoms with Gasteiger partial charge in [-0.2, -0.15) is 0 Å². The standard InChI is InChI=1S/C16H24N4O2/c1-20-7-2-4-13(20)11-18-16(17)19-12-5-6-14-15(10-12)22-9-3-8-21-14/h5-6,10,13H,2-4,7-9,11H2,1H3,(H3,17,18,19). The van der Waals surface area contributed by atoms with Crippen molar-refractivity contribution in [2.75, 3.05) is 38.7 Å². The van der Waals surface area contributed by atoms with E-state index in [0.29, 0.717) is 25.2 Å². The van der Waals surface area contributed by atoms with Gasteiger partial charge >= 0.3 is 0 Å². The topological polar surface area (TPSA) is 72.1 Å². The number of anilines is 1. The monoisotopic (exact) mass is 304 g/mol. The number of aliphatic imine (C=N–C) groups is 1. The smallest absolute Gasteiger partial charge is 0.193 e. The van der Waals surface area contributed by atoms with Crippen LogP contribution in [0.1, 0.15) is 19.3 Å². The van der Waals surface area contributed by atoms with Gasteiger partial charge in [0.05, 0.1) is 19.8 Å². The Morgan fingerprint density at radius 3 is 2.91 bits per heavy atom. The molecule has 0 spiro atoms. The van der Waals surface area contributed by atoms with Gasteiger partial charge in [0.25, 0.3) is 0 Å². The number of nitrogens with one attached hydrogen (secondary N) is 1. The third-order valence-electron chi connectivity index (χ3n) is 4.16. The number of fused-ring (bicyclic) bond motifs is 1. The molecule has 2 aliphatic rings. The number of likely N-dealkylation sites (tertiary alicyclic amines) is 1. The first-order chi connectivity index (χ1) is 10.7. The van der Waals surface area contributed by atoms with Gasteiger partial charge in [-0.3, -0.25) is 4.99 Å². The number of nitrogens with zero attached hydrogens (tertiary/aromatic N) is 2. The van der Waals surface area contributed by atoms with Gasteiger partial charge in [0, 0.05) is 24.2 Å². The molecule has 1 unspecified atom stereocenters. The van der Waals surface area contributed by atoms with Crippen LogP contribution in [-0.2, 0) is 0 Å². The number of benzene rings is 1. The summed E-state index contributed by atoms with van der Waals surface area (Å²) in [7, 11) is 2.14. The summed E-state index contributed by atoms with van der Waals surface area (Å²) in [5, 5.41) is 3.12. The molecule has 3 N–H and O–H groups in total. The summed E-state index contributed by atoms with van der Waals surface area (Å²) in [6.07, 6.45) is 3.33. The minimum atomic E-state index is 0.440. The van der Waals surface area contributed by atoms with Gasteiger partial charge in [-0.05, 0) is 38.6 Å². The van der Waals surface area contributed by atoms with Gasteiger partial charge < -0.3 is 25.4 Å². The zero-order chi connectivity index (χ0) is 15.4. The molecule has 0 aromatic heterocycles. The van der Waals surface area contributed by atoms with Gasteiger partial charge in [0.2, 0.25) is 0 Å². The number of likely N-dealkylation sites (N-methyl/N-ethyl adjacent to an activating group) is 1. The van der Waals surface area contributed by atoms with Crippen molar-refractivity contribution in [3.05, 3.63) is 18.2 Å². The molecule has 1 saturated heterocycles. The lowest BCUT2D eigenvalue weighted by Crippen LogP contribution is -2.30. The maximum atomic E-state index is 5.98. The molecule has 0 amide bonds. The van der Waals surface area contributed by atoms with E-state index in [9.17, 15) is 0 Å². The molecule has 22 heavy (non-hydrogen) atoms. The summed E-state index contributed by atoms with van der Waals surface area (Å²) in [5.41, 5.74) is 6.85. The highest BCUT2D eigenvalue weighted by molar-refractivity contribution is 5.92. The quantitative estimate of drug-likeness (QED) is 0.656. The van der Waals surface area contributed by atoms with E-state index in [1.54, 1.807) is 0 Å². The third-order valence-corrected chi connectivity index (χ3v) is 4.16. The predicted octanol–water partition coefficient (Wildman–Crippen LogP) is 1.67. The Morgan fingerprint density at radius 2 is 2.14 bits per heavy atom. The summed E-state index contributed by atoms with van der Waals surface area (Å²) in [6.45, 7) is 3.25. The average molecular weight is 304 g/mol. The highest BCUT2D eigenvalue weighted by atomic mass is 16.5. The Kier molecular flexibility index (Phi) is 4.68. The van der Waals surface area contributed by atoms with E-state index < -0.39 is 0 Å². The van der Waals surface area contributed by atoms with E-state index in [1.165, 1.54) is 12.8 Å². The van der Waals surface area contributed by atoms with Crippen LogP contribution in [0.2, 0.25) is 0 Å². The van der Waals surface area contributed by atoms with Crippen molar-refractivity contribution in [3.63, 3.8) is 0 Å². The van der Waals surface area contributed by atoms with Crippen molar-refractivity contribution in [3.8, 4) is 11.5 Å². The van der Waals surface area contributed by atoms with E-state index in [1.807, 2.05) is 18.2 Å². The molecular weight excluding hydrogens is 280 g/mol. The number of nitrogens with two attached hydrogens (primary N) is 1. The summed E-state index contributed by atoms with van der Waals surface area (Å²) in [4.78, 5) is 6.79. The van der Waals surface area contributed by atoms with Crippen molar-refractivity contribution in [1.82, 2.24) is 4.90 Å². The van der Waals surface area contributed by atoms with Gasteiger partial charge in [0.1, 0.15) is 0 Å². The van der Waals surface area contributed by atoms with Crippen LogP contribution >= 0.6 is 0 Å². The average Bonchev–Trinajstić information content (AvgIpc) is 2.78. The van der Waals surface area contributed by atoms with E-state index in [-0.39, 0.29) is 0 Å². The zero-order valence-corrected chi connectivity index (χ0v) is 13.0. The highest BCUT2D eigenvalue weighted by Crippen LogP contribution is 2.32. The second-order valence-electron chi connectivity index (χ2n) is 5.84. The molecule has 6 heteroatoms. The van der Waals surface area contributed by atoms with Gasteiger partial charge in [-0.25, -0.2) is 0 Å². The Morgan fingerprint density at radius 1 is 1.32 bits per heavy atom. The number of rotatable bonds is 3. The summed E-state index contributed by atoms with van der Waals surface area (Å²) in [6, 6.07) is 6.24.